The highest BCUT2D eigenvalue weighted by Crippen LogP contribution is 2.36. The monoisotopic (exact) mass is 625 g/mol. The number of halogens is 1. The lowest BCUT2D eigenvalue weighted by molar-refractivity contribution is 0.0606. The van der Waals surface area contributed by atoms with Crippen LogP contribution in [-0.2, 0) is 10.0 Å². The van der Waals surface area contributed by atoms with E-state index in [1.807, 2.05) is 24.1 Å². The van der Waals surface area contributed by atoms with Crippen molar-refractivity contribution in [2.75, 3.05) is 39.0 Å². The summed E-state index contributed by atoms with van der Waals surface area (Å²) in [6.07, 6.45) is 5.19. The molecule has 1 amide bonds. The lowest BCUT2D eigenvalue weighted by Crippen LogP contribution is -2.51. The average Bonchev–Trinajstić information content (AvgIpc) is 3.22. The molecule has 2 aliphatic heterocycles. The molecule has 36 heavy (non-hydrogen) atoms. The standard InChI is InChI=1S/C23H28IN7O4S/c1-14-11-30-21(26-22(14)28-12-16(32)13-28)10-18(27-30)20-5-3-4-8-29(20)23(33)17-9-15(25)6-7-19(17)31(24)36(2,34)35/h6-7,9-11,16,20,32H,3-5,8,12-13,25H2,1-2H3/t20-/m0/s1. The number of β-amino-alcohol motifs (C(OH)–C–C–N with tert-alkyl or cyclic N) is 1. The van der Waals surface area contributed by atoms with Gasteiger partial charge in [0.25, 0.3) is 5.91 Å². The van der Waals surface area contributed by atoms with Crippen LogP contribution in [0.4, 0.5) is 17.2 Å². The van der Waals surface area contributed by atoms with E-state index in [-0.39, 0.29) is 29.3 Å². The zero-order valence-electron chi connectivity index (χ0n) is 20.0. The molecule has 0 radical (unpaired) electrons. The van der Waals surface area contributed by atoms with Gasteiger partial charge in [-0.05, 0) is 44.4 Å². The number of carbonyl (C=O) groups excluding carboxylic acids is 1. The molecule has 2 aromatic heterocycles. The van der Waals surface area contributed by atoms with Crippen LogP contribution in [0.15, 0.2) is 30.5 Å². The minimum absolute atomic E-state index is 0.234. The van der Waals surface area contributed by atoms with Crippen LogP contribution in [0.1, 0.15) is 46.9 Å². The average molecular weight is 625 g/mol. The maximum Gasteiger partial charge on any atom is 0.256 e. The molecular weight excluding hydrogens is 597 g/mol. The summed E-state index contributed by atoms with van der Waals surface area (Å²) in [6.45, 7) is 3.60. The largest absolute Gasteiger partial charge is 0.399 e. The number of fused-ring (bicyclic) bond motifs is 1. The summed E-state index contributed by atoms with van der Waals surface area (Å²) in [7, 11) is -3.59. The summed E-state index contributed by atoms with van der Waals surface area (Å²) in [4.78, 5) is 22.4. The highest BCUT2D eigenvalue weighted by molar-refractivity contribution is 14.1. The Hall–Kier alpha value is -2.65. The number of hydrogen-bond acceptors (Lipinski definition) is 8. The second-order valence-corrected chi connectivity index (χ2v) is 12.9. The molecule has 2 aliphatic rings. The van der Waals surface area contributed by atoms with Crippen molar-refractivity contribution in [3.8, 4) is 0 Å². The Morgan fingerprint density at radius 3 is 2.69 bits per heavy atom. The lowest BCUT2D eigenvalue weighted by atomic mass is 9.97. The summed E-state index contributed by atoms with van der Waals surface area (Å²) in [5.41, 5.74) is 9.24. The number of nitrogen functional groups attached to an aromatic ring is 1. The summed E-state index contributed by atoms with van der Waals surface area (Å²) in [5.74, 6) is 0.534. The molecule has 1 aromatic carbocycles. The van der Waals surface area contributed by atoms with Crippen molar-refractivity contribution in [3.63, 3.8) is 0 Å². The van der Waals surface area contributed by atoms with E-state index in [0.717, 1.165) is 45.1 Å². The van der Waals surface area contributed by atoms with Crippen molar-refractivity contribution in [1.29, 1.82) is 0 Å². The van der Waals surface area contributed by atoms with Crippen molar-refractivity contribution in [1.82, 2.24) is 19.5 Å². The van der Waals surface area contributed by atoms with Gasteiger partial charge in [-0.15, -0.1) is 0 Å². The molecule has 11 nitrogen and oxygen atoms in total. The van der Waals surface area contributed by atoms with Gasteiger partial charge in [-0.2, -0.15) is 5.10 Å². The van der Waals surface area contributed by atoms with Crippen molar-refractivity contribution in [2.24, 2.45) is 0 Å². The number of piperidine rings is 1. The smallest absolute Gasteiger partial charge is 0.256 e. The number of anilines is 3. The molecule has 3 N–H and O–H groups in total. The van der Waals surface area contributed by atoms with Gasteiger partial charge in [0, 0.05) is 43.1 Å². The van der Waals surface area contributed by atoms with Gasteiger partial charge >= 0.3 is 0 Å². The van der Waals surface area contributed by atoms with Crippen LogP contribution in [0.25, 0.3) is 5.65 Å². The number of hydrogen-bond donors (Lipinski definition) is 2. The summed E-state index contributed by atoms with van der Waals surface area (Å²) in [5, 5.41) is 14.4. The Morgan fingerprint density at radius 1 is 1.25 bits per heavy atom. The van der Waals surface area contributed by atoms with Gasteiger partial charge in [-0.3, -0.25) is 4.79 Å². The molecule has 0 aliphatic carbocycles. The number of benzene rings is 1. The van der Waals surface area contributed by atoms with Crippen LogP contribution in [0.2, 0.25) is 0 Å². The Kier molecular flexibility index (Phi) is 6.49. The Morgan fingerprint density at radius 2 is 2.00 bits per heavy atom. The van der Waals surface area contributed by atoms with Crippen LogP contribution < -0.4 is 13.2 Å². The molecule has 2 fully saturated rings. The molecular formula is C23H28IN7O4S. The molecule has 1 atom stereocenters. The zero-order chi connectivity index (χ0) is 25.8. The van der Waals surface area contributed by atoms with Crippen LogP contribution in [0.5, 0.6) is 0 Å². The highest BCUT2D eigenvalue weighted by Gasteiger charge is 2.34. The van der Waals surface area contributed by atoms with E-state index in [2.05, 4.69) is 0 Å². The fourth-order valence-corrected chi connectivity index (χ4v) is 5.76. The fourth-order valence-electron chi connectivity index (χ4n) is 4.82. The number of sulfonamides is 1. The summed E-state index contributed by atoms with van der Waals surface area (Å²) in [6, 6.07) is 6.29. The third-order valence-corrected chi connectivity index (χ3v) is 10.1. The first kappa shape index (κ1) is 25.0. The van der Waals surface area contributed by atoms with E-state index in [4.69, 9.17) is 15.8 Å². The normalized spacial score (nSPS) is 18.9. The number of amides is 1. The number of aryl methyl sites for hydroxylation is 1. The maximum absolute atomic E-state index is 13.8. The van der Waals surface area contributed by atoms with Crippen LogP contribution >= 0.6 is 22.9 Å². The molecule has 2 saturated heterocycles. The van der Waals surface area contributed by atoms with Crippen molar-refractivity contribution >= 4 is 61.6 Å². The molecule has 13 heteroatoms. The van der Waals surface area contributed by atoms with E-state index in [0.29, 0.717) is 31.0 Å². The first-order chi connectivity index (χ1) is 17.0. The van der Waals surface area contributed by atoms with Crippen LogP contribution in [-0.4, -0.2) is 70.9 Å². The quantitative estimate of drug-likeness (QED) is 0.251. The number of aromatic nitrogens is 3. The topological polar surface area (TPSA) is 137 Å². The summed E-state index contributed by atoms with van der Waals surface area (Å²) >= 11 is 1.69. The number of aliphatic hydroxyl groups excluding tert-OH is 1. The molecule has 0 unspecified atom stereocenters. The van der Waals surface area contributed by atoms with Crippen molar-refractivity contribution in [2.45, 2.75) is 38.3 Å². The number of aliphatic hydroxyl groups is 1. The molecule has 3 aromatic rings. The zero-order valence-corrected chi connectivity index (χ0v) is 23.0. The second-order valence-electron chi connectivity index (χ2n) is 9.44. The predicted molar refractivity (Wildman–Crippen MR) is 146 cm³/mol. The number of rotatable bonds is 5. The van der Waals surface area contributed by atoms with Gasteiger partial charge in [0.2, 0.25) is 10.0 Å². The third-order valence-electron chi connectivity index (χ3n) is 6.62. The molecule has 0 saturated carbocycles. The number of carbonyl (C=O) groups is 1. The van der Waals surface area contributed by atoms with Gasteiger partial charge in [0.15, 0.2) is 5.65 Å². The number of nitrogens with two attached hydrogens (primary N) is 1. The van der Waals surface area contributed by atoms with Gasteiger partial charge in [-0.1, -0.05) is 0 Å². The number of likely N-dealkylation sites (tertiary alicyclic amines) is 1. The maximum atomic E-state index is 13.8. The first-order valence-corrected chi connectivity index (χ1v) is 14.5. The van der Waals surface area contributed by atoms with E-state index < -0.39 is 10.0 Å². The Labute approximate surface area is 223 Å². The first-order valence-electron chi connectivity index (χ1n) is 11.7. The molecule has 5 rings (SSSR count). The van der Waals surface area contributed by atoms with Crippen molar-refractivity contribution < 1.29 is 18.3 Å². The highest BCUT2D eigenvalue weighted by atomic mass is 127. The minimum atomic E-state index is -3.59. The predicted octanol–water partition coefficient (Wildman–Crippen LogP) is 2.28. The van der Waals surface area contributed by atoms with Crippen molar-refractivity contribution in [3.05, 3.63) is 47.3 Å². The molecule has 4 heterocycles. The molecule has 0 spiro atoms. The SMILES string of the molecule is Cc1cn2nc([C@@H]3CCCCN3C(=O)c3cc(N)ccc3N(I)S(C)(=O)=O)cc2nc1N1CC(O)C1. The number of nitrogens with zero attached hydrogens (tertiary/aromatic N) is 6. The van der Waals surface area contributed by atoms with Crippen LogP contribution in [0.3, 0.4) is 0 Å². The Balaban J connectivity index is 1.50. The Bertz CT molecular complexity index is 1440. The van der Waals surface area contributed by atoms with Gasteiger partial charge in [-0.25, -0.2) is 20.4 Å². The van der Waals surface area contributed by atoms with E-state index in [9.17, 15) is 18.3 Å². The lowest BCUT2D eigenvalue weighted by Gasteiger charge is -2.37. The molecule has 192 valence electrons. The van der Waals surface area contributed by atoms with E-state index in [1.54, 1.807) is 44.4 Å². The molecule has 0 bridgehead atoms. The van der Waals surface area contributed by atoms with Crippen LogP contribution in [0, 0.1) is 6.92 Å². The fraction of sp³-hybridized carbons (Fsp3) is 0.435. The van der Waals surface area contributed by atoms with Gasteiger partial charge < -0.3 is 20.6 Å². The second kappa shape index (κ2) is 9.34. The van der Waals surface area contributed by atoms with E-state index in [1.165, 1.54) is 6.07 Å². The van der Waals surface area contributed by atoms with Gasteiger partial charge in [0.05, 0.1) is 58.2 Å². The minimum Gasteiger partial charge on any atom is -0.399 e. The summed E-state index contributed by atoms with van der Waals surface area (Å²) < 4.78 is 27.2. The van der Waals surface area contributed by atoms with E-state index >= 15 is 0 Å². The third kappa shape index (κ3) is 4.59. The van der Waals surface area contributed by atoms with Gasteiger partial charge in [0.1, 0.15) is 5.82 Å².